The molecule has 0 fully saturated rings. The Morgan fingerprint density at radius 2 is 2.25 bits per heavy atom. The third-order valence-corrected chi connectivity index (χ3v) is 2.57. The highest BCUT2D eigenvalue weighted by molar-refractivity contribution is 7.14. The molecule has 7 heteroatoms. The van der Waals surface area contributed by atoms with Crippen molar-refractivity contribution >= 4 is 28.2 Å². The third kappa shape index (κ3) is 2.51. The molecule has 6 nitrogen and oxygen atoms in total. The van der Waals surface area contributed by atoms with Crippen LogP contribution in [0.25, 0.3) is 0 Å². The largest absolute Gasteiger partial charge is 0.465 e. The first kappa shape index (κ1) is 12.1. The molecule has 0 unspecified atom stereocenters. The quantitative estimate of drug-likeness (QED) is 0.518. The van der Waals surface area contributed by atoms with Gasteiger partial charge in [0.1, 0.15) is 10.7 Å². The van der Waals surface area contributed by atoms with Crippen LogP contribution in [0.15, 0.2) is 23.3 Å². The Labute approximate surface area is 95.9 Å². The van der Waals surface area contributed by atoms with E-state index in [1.54, 1.807) is 11.4 Å². The fraction of sp³-hybridized carbons (Fsp3) is 0.111. The topological polar surface area (TPSA) is 107 Å². The number of nitrogens with one attached hydrogen (secondary N) is 1. The summed E-state index contributed by atoms with van der Waals surface area (Å²) in [6.45, 7) is 0. The van der Waals surface area contributed by atoms with Gasteiger partial charge < -0.3 is 21.5 Å². The maximum Gasteiger partial charge on any atom is 0.340 e. The van der Waals surface area contributed by atoms with Crippen molar-refractivity contribution < 1.29 is 14.3 Å². The first-order chi connectivity index (χ1) is 7.60. The number of methoxy groups -OCH3 is 1. The van der Waals surface area contributed by atoms with E-state index in [-0.39, 0.29) is 11.3 Å². The number of thiophene rings is 1. The average Bonchev–Trinajstić information content (AvgIpc) is 2.74. The molecular weight excluding hydrogens is 230 g/mol. The van der Waals surface area contributed by atoms with E-state index in [4.69, 9.17) is 11.5 Å². The molecule has 0 aliphatic heterocycles. The van der Waals surface area contributed by atoms with Crippen LogP contribution in [0.3, 0.4) is 0 Å². The first-order valence-electron chi connectivity index (χ1n) is 4.24. The molecule has 0 aliphatic carbocycles. The summed E-state index contributed by atoms with van der Waals surface area (Å²) in [5.41, 5.74) is 10.6. The SMILES string of the molecule is COC(=O)c1ccsc1NC(=O)/C(N)=C\N. The molecule has 1 aromatic rings. The van der Waals surface area contributed by atoms with E-state index >= 15 is 0 Å². The zero-order valence-electron chi connectivity index (χ0n) is 8.52. The van der Waals surface area contributed by atoms with E-state index < -0.39 is 11.9 Å². The number of nitrogens with two attached hydrogens (primary N) is 2. The highest BCUT2D eigenvalue weighted by atomic mass is 32.1. The molecular formula is C9H11N3O3S. The maximum absolute atomic E-state index is 11.4. The van der Waals surface area contributed by atoms with Crippen molar-refractivity contribution in [3.8, 4) is 0 Å². The number of anilines is 1. The molecule has 0 aromatic carbocycles. The third-order valence-electron chi connectivity index (χ3n) is 1.74. The Morgan fingerprint density at radius 3 is 2.81 bits per heavy atom. The molecule has 0 aliphatic rings. The van der Waals surface area contributed by atoms with Gasteiger partial charge in [0, 0.05) is 6.20 Å². The zero-order valence-corrected chi connectivity index (χ0v) is 9.34. The molecule has 16 heavy (non-hydrogen) atoms. The van der Waals surface area contributed by atoms with Crippen LogP contribution in [-0.2, 0) is 9.53 Å². The lowest BCUT2D eigenvalue weighted by atomic mass is 10.3. The Bertz CT molecular complexity index is 439. The van der Waals surface area contributed by atoms with Gasteiger partial charge in [0.05, 0.1) is 12.7 Å². The molecule has 5 N–H and O–H groups in total. The number of rotatable bonds is 3. The van der Waals surface area contributed by atoms with Gasteiger partial charge in [0.25, 0.3) is 5.91 Å². The minimum absolute atomic E-state index is 0.121. The number of carbonyl (C=O) groups is 2. The van der Waals surface area contributed by atoms with Crippen molar-refractivity contribution in [2.45, 2.75) is 0 Å². The van der Waals surface area contributed by atoms with Crippen LogP contribution in [0.4, 0.5) is 5.00 Å². The van der Waals surface area contributed by atoms with E-state index in [9.17, 15) is 9.59 Å². The number of ether oxygens (including phenoxy) is 1. The van der Waals surface area contributed by atoms with Gasteiger partial charge in [-0.05, 0) is 11.4 Å². The second-order valence-electron chi connectivity index (χ2n) is 2.73. The predicted molar refractivity (Wildman–Crippen MR) is 60.7 cm³/mol. The lowest BCUT2D eigenvalue weighted by molar-refractivity contribution is -0.112. The molecule has 1 aromatic heterocycles. The fourth-order valence-corrected chi connectivity index (χ4v) is 1.70. The Kier molecular flexibility index (Phi) is 3.90. The summed E-state index contributed by atoms with van der Waals surface area (Å²) in [7, 11) is 1.26. The van der Waals surface area contributed by atoms with E-state index in [1.807, 2.05) is 0 Å². The Morgan fingerprint density at radius 1 is 1.56 bits per heavy atom. The fourth-order valence-electron chi connectivity index (χ4n) is 0.928. The van der Waals surface area contributed by atoms with Crippen LogP contribution in [0.1, 0.15) is 10.4 Å². The maximum atomic E-state index is 11.4. The summed E-state index contributed by atoms with van der Waals surface area (Å²) in [4.78, 5) is 22.7. The summed E-state index contributed by atoms with van der Waals surface area (Å²) in [5, 5.41) is 4.50. The van der Waals surface area contributed by atoms with Gasteiger partial charge in [-0.1, -0.05) is 0 Å². The highest BCUT2D eigenvalue weighted by Gasteiger charge is 2.15. The highest BCUT2D eigenvalue weighted by Crippen LogP contribution is 2.23. The molecule has 0 radical (unpaired) electrons. The monoisotopic (exact) mass is 241 g/mol. The number of carbonyl (C=O) groups excluding carboxylic acids is 2. The smallest absolute Gasteiger partial charge is 0.340 e. The minimum Gasteiger partial charge on any atom is -0.465 e. The van der Waals surface area contributed by atoms with E-state index in [0.717, 1.165) is 6.20 Å². The molecule has 0 saturated carbocycles. The van der Waals surface area contributed by atoms with Crippen LogP contribution >= 0.6 is 11.3 Å². The summed E-state index contributed by atoms with van der Waals surface area (Å²) in [5.74, 6) is -1.08. The van der Waals surface area contributed by atoms with Crippen LogP contribution in [0, 0.1) is 0 Å². The molecule has 0 spiro atoms. The summed E-state index contributed by atoms with van der Waals surface area (Å²) in [6, 6.07) is 1.55. The van der Waals surface area contributed by atoms with Crippen molar-refractivity contribution in [3.05, 3.63) is 28.9 Å². The second-order valence-corrected chi connectivity index (χ2v) is 3.65. The Hall–Kier alpha value is -2.02. The van der Waals surface area contributed by atoms with E-state index in [2.05, 4.69) is 10.1 Å². The predicted octanol–water partition coefficient (Wildman–Crippen LogP) is 0.232. The number of amides is 1. The molecule has 86 valence electrons. The summed E-state index contributed by atoms with van der Waals surface area (Å²) < 4.78 is 4.55. The van der Waals surface area contributed by atoms with Crippen molar-refractivity contribution in [3.63, 3.8) is 0 Å². The first-order valence-corrected chi connectivity index (χ1v) is 5.12. The molecule has 1 rings (SSSR count). The number of hydrogen-bond acceptors (Lipinski definition) is 6. The van der Waals surface area contributed by atoms with Crippen LogP contribution in [-0.4, -0.2) is 19.0 Å². The van der Waals surface area contributed by atoms with Gasteiger partial charge in [-0.25, -0.2) is 4.79 Å². The van der Waals surface area contributed by atoms with Gasteiger partial charge in [-0.3, -0.25) is 4.79 Å². The molecule has 1 heterocycles. The minimum atomic E-state index is -0.560. The van der Waals surface area contributed by atoms with E-state index in [0.29, 0.717) is 5.00 Å². The van der Waals surface area contributed by atoms with Gasteiger partial charge in [-0.2, -0.15) is 0 Å². The van der Waals surface area contributed by atoms with Crippen LogP contribution < -0.4 is 16.8 Å². The molecule has 0 bridgehead atoms. The summed E-state index contributed by atoms with van der Waals surface area (Å²) in [6.07, 6.45) is 0.987. The summed E-state index contributed by atoms with van der Waals surface area (Å²) >= 11 is 1.19. The van der Waals surface area contributed by atoms with Crippen molar-refractivity contribution in [2.75, 3.05) is 12.4 Å². The average molecular weight is 241 g/mol. The Balaban J connectivity index is 2.86. The molecule has 0 atom stereocenters. The van der Waals surface area contributed by atoms with Gasteiger partial charge in [0.2, 0.25) is 0 Å². The number of esters is 1. The number of hydrogen-bond donors (Lipinski definition) is 3. The lowest BCUT2D eigenvalue weighted by Gasteiger charge is -2.04. The van der Waals surface area contributed by atoms with Gasteiger partial charge in [-0.15, -0.1) is 11.3 Å². The standard InChI is InChI=1S/C9H11N3O3S/c1-15-9(14)5-2-3-16-8(5)12-7(13)6(11)4-10/h2-4H,10-11H2,1H3,(H,12,13)/b6-4+. The molecule has 0 saturated heterocycles. The van der Waals surface area contributed by atoms with E-state index in [1.165, 1.54) is 18.4 Å². The van der Waals surface area contributed by atoms with Gasteiger partial charge in [0.15, 0.2) is 0 Å². The lowest BCUT2D eigenvalue weighted by Crippen LogP contribution is -2.21. The van der Waals surface area contributed by atoms with Crippen LogP contribution in [0.5, 0.6) is 0 Å². The van der Waals surface area contributed by atoms with Gasteiger partial charge >= 0.3 is 5.97 Å². The van der Waals surface area contributed by atoms with Crippen LogP contribution in [0.2, 0.25) is 0 Å². The van der Waals surface area contributed by atoms with Crippen molar-refractivity contribution in [1.29, 1.82) is 0 Å². The van der Waals surface area contributed by atoms with Crippen molar-refractivity contribution in [1.82, 2.24) is 0 Å². The zero-order chi connectivity index (χ0) is 12.1. The molecule has 1 amide bonds. The normalized spacial score (nSPS) is 10.9. The second kappa shape index (κ2) is 5.17. The van der Waals surface area contributed by atoms with Crippen molar-refractivity contribution in [2.24, 2.45) is 11.5 Å².